The largest absolute Gasteiger partial charge is 0.472 e. The molecule has 0 aromatic heterocycles. The Labute approximate surface area is 581 Å². The van der Waals surface area contributed by atoms with Crippen LogP contribution in [-0.2, 0) is 65.4 Å². The summed E-state index contributed by atoms with van der Waals surface area (Å²) in [5.41, 5.74) is 0. The molecule has 3 N–H and O–H groups in total. The second kappa shape index (κ2) is 69.2. The number of unbranched alkanes of at least 4 members (excludes halogenated alkanes) is 47. The third-order valence-electron chi connectivity index (χ3n) is 18.1. The number of rotatable bonds is 76. The third kappa shape index (κ3) is 69.0. The van der Waals surface area contributed by atoms with Crippen molar-refractivity contribution in [3.63, 3.8) is 0 Å². The van der Waals surface area contributed by atoms with E-state index in [9.17, 15) is 43.2 Å². The molecule has 0 aromatic carbocycles. The van der Waals surface area contributed by atoms with E-state index in [-0.39, 0.29) is 25.7 Å². The van der Waals surface area contributed by atoms with Gasteiger partial charge in [-0.3, -0.25) is 37.3 Å². The number of phosphoric ester groups is 2. The number of hydrogen-bond donors (Lipinski definition) is 3. The maximum absolute atomic E-state index is 13.1. The first-order valence-corrected chi connectivity index (χ1v) is 42.7. The molecule has 19 heteroatoms. The van der Waals surface area contributed by atoms with Gasteiger partial charge in [-0.2, -0.15) is 0 Å². The molecule has 0 aromatic rings. The summed E-state index contributed by atoms with van der Waals surface area (Å²) in [6.07, 6.45) is 58.0. The van der Waals surface area contributed by atoms with Crippen molar-refractivity contribution in [3.05, 3.63) is 0 Å². The minimum absolute atomic E-state index is 0.108. The molecule has 0 spiro atoms. The smallest absolute Gasteiger partial charge is 0.462 e. The van der Waals surface area contributed by atoms with Gasteiger partial charge in [0, 0.05) is 25.7 Å². The maximum Gasteiger partial charge on any atom is 0.472 e. The van der Waals surface area contributed by atoms with Crippen molar-refractivity contribution < 1.29 is 80.2 Å². The predicted molar refractivity (Wildman–Crippen MR) is 386 cm³/mol. The average Bonchev–Trinajstić information content (AvgIpc) is 2.22. The minimum atomic E-state index is -4.96. The molecule has 0 fully saturated rings. The lowest BCUT2D eigenvalue weighted by Gasteiger charge is -2.21. The Balaban J connectivity index is 5.25. The summed E-state index contributed by atoms with van der Waals surface area (Å²) in [7, 11) is -9.91. The zero-order valence-electron chi connectivity index (χ0n) is 61.8. The highest BCUT2D eigenvalue weighted by atomic mass is 31.2. The molecule has 564 valence electrons. The lowest BCUT2D eigenvalue weighted by molar-refractivity contribution is -0.161. The Bertz CT molecular complexity index is 1820. The molecule has 0 rings (SSSR count). The standard InChI is InChI=1S/C76H148O17P2/c1-6-10-13-16-19-22-25-27-29-30-31-33-35-42-47-52-57-62-76(81)93-72(66-87-74(79)60-55-50-45-40-37-36-38-43-48-53-58-69(5)9-4)68-91-95(84,85)89-64-70(77)63-88-94(82,83)90-67-71(65-86-73(78)59-54-49-44-39-24-21-18-15-12-8-3)92-75(80)61-56-51-46-41-34-32-28-26-23-20-17-14-11-7-2/h69-72,77H,6-68H2,1-5H3,(H,82,83)(H,84,85)/t69?,70-,71+,72+/m0/s1. The summed E-state index contributed by atoms with van der Waals surface area (Å²) in [6.45, 7) is 7.32. The Morgan fingerprint density at radius 1 is 0.295 bits per heavy atom. The molecule has 6 atom stereocenters. The molecule has 95 heavy (non-hydrogen) atoms. The zero-order valence-corrected chi connectivity index (χ0v) is 63.6. The molecule has 0 amide bonds. The van der Waals surface area contributed by atoms with Crippen molar-refractivity contribution >= 4 is 39.5 Å². The summed E-state index contributed by atoms with van der Waals surface area (Å²) in [5, 5.41) is 10.6. The first kappa shape index (κ1) is 93.1. The van der Waals surface area contributed by atoms with Gasteiger partial charge in [-0.25, -0.2) is 9.13 Å². The number of ether oxygens (including phenoxy) is 4. The number of carbonyl (C=O) groups is 4. The Morgan fingerprint density at radius 3 is 0.747 bits per heavy atom. The maximum atomic E-state index is 13.1. The van der Waals surface area contributed by atoms with E-state index in [1.165, 1.54) is 225 Å². The van der Waals surface area contributed by atoms with E-state index in [4.69, 9.17) is 37.0 Å². The Hall–Kier alpha value is -1.94. The Kier molecular flexibility index (Phi) is 67.7. The van der Waals surface area contributed by atoms with Crippen molar-refractivity contribution in [1.82, 2.24) is 0 Å². The van der Waals surface area contributed by atoms with Crippen LogP contribution in [-0.4, -0.2) is 96.7 Å². The molecule has 17 nitrogen and oxygen atoms in total. The van der Waals surface area contributed by atoms with E-state index in [0.717, 1.165) is 95.8 Å². The Morgan fingerprint density at radius 2 is 0.505 bits per heavy atom. The van der Waals surface area contributed by atoms with Crippen LogP contribution in [0.2, 0.25) is 0 Å². The van der Waals surface area contributed by atoms with Gasteiger partial charge in [0.15, 0.2) is 12.2 Å². The fourth-order valence-corrected chi connectivity index (χ4v) is 13.3. The molecule has 3 unspecified atom stereocenters. The molecule has 0 heterocycles. The van der Waals surface area contributed by atoms with Gasteiger partial charge in [0.2, 0.25) is 0 Å². The zero-order chi connectivity index (χ0) is 69.8. The molecule has 0 bridgehead atoms. The highest BCUT2D eigenvalue weighted by Gasteiger charge is 2.30. The summed E-state index contributed by atoms with van der Waals surface area (Å²) < 4.78 is 68.5. The van der Waals surface area contributed by atoms with Crippen molar-refractivity contribution in [2.45, 2.75) is 419 Å². The van der Waals surface area contributed by atoms with E-state index in [2.05, 4.69) is 34.6 Å². The molecule has 0 saturated carbocycles. The van der Waals surface area contributed by atoms with E-state index in [0.29, 0.717) is 25.7 Å². The predicted octanol–water partition coefficient (Wildman–Crippen LogP) is 22.5. The monoisotopic (exact) mass is 1400 g/mol. The number of carbonyl (C=O) groups excluding carboxylic acids is 4. The number of esters is 4. The first-order chi connectivity index (χ1) is 46.1. The average molecular weight is 1400 g/mol. The van der Waals surface area contributed by atoms with Gasteiger partial charge in [-0.1, -0.05) is 349 Å². The lowest BCUT2D eigenvalue weighted by Crippen LogP contribution is -2.30. The van der Waals surface area contributed by atoms with Crippen LogP contribution >= 0.6 is 15.6 Å². The molecular weight excluding hydrogens is 1250 g/mol. The van der Waals surface area contributed by atoms with Crippen molar-refractivity contribution in [3.8, 4) is 0 Å². The van der Waals surface area contributed by atoms with E-state index in [1.807, 2.05) is 0 Å². The van der Waals surface area contributed by atoms with Crippen LogP contribution in [0, 0.1) is 5.92 Å². The van der Waals surface area contributed by atoms with Crippen LogP contribution in [0.1, 0.15) is 401 Å². The number of phosphoric acid groups is 2. The van der Waals surface area contributed by atoms with Gasteiger partial charge in [0.1, 0.15) is 19.3 Å². The molecule has 0 aliphatic rings. The fourth-order valence-electron chi connectivity index (χ4n) is 11.7. The summed E-state index contributed by atoms with van der Waals surface area (Å²) in [6, 6.07) is 0. The van der Waals surface area contributed by atoms with Crippen molar-refractivity contribution in [1.29, 1.82) is 0 Å². The third-order valence-corrected chi connectivity index (χ3v) is 20.0. The second-order valence-corrected chi connectivity index (χ2v) is 30.5. The second-order valence-electron chi connectivity index (χ2n) is 27.6. The van der Waals surface area contributed by atoms with Crippen LogP contribution in [0.25, 0.3) is 0 Å². The van der Waals surface area contributed by atoms with Gasteiger partial charge in [-0.15, -0.1) is 0 Å². The lowest BCUT2D eigenvalue weighted by atomic mass is 9.99. The normalized spacial score (nSPS) is 14.2. The summed E-state index contributed by atoms with van der Waals surface area (Å²) in [4.78, 5) is 72.8. The van der Waals surface area contributed by atoms with Crippen LogP contribution in [0.15, 0.2) is 0 Å². The summed E-state index contributed by atoms with van der Waals surface area (Å²) in [5.74, 6) is -1.30. The van der Waals surface area contributed by atoms with Crippen LogP contribution in [0.3, 0.4) is 0 Å². The first-order valence-electron chi connectivity index (χ1n) is 39.7. The van der Waals surface area contributed by atoms with Gasteiger partial charge >= 0.3 is 39.5 Å². The number of aliphatic hydroxyl groups is 1. The quantitative estimate of drug-likeness (QED) is 0.0222. The summed E-state index contributed by atoms with van der Waals surface area (Å²) >= 11 is 0. The molecule has 0 aliphatic heterocycles. The van der Waals surface area contributed by atoms with Gasteiger partial charge in [0.05, 0.1) is 26.4 Å². The highest BCUT2D eigenvalue weighted by molar-refractivity contribution is 7.47. The number of hydrogen-bond acceptors (Lipinski definition) is 15. The number of aliphatic hydroxyl groups excluding tert-OH is 1. The van der Waals surface area contributed by atoms with E-state index >= 15 is 0 Å². The van der Waals surface area contributed by atoms with Gasteiger partial charge in [-0.05, 0) is 31.6 Å². The van der Waals surface area contributed by atoms with Crippen LogP contribution in [0.4, 0.5) is 0 Å². The van der Waals surface area contributed by atoms with Gasteiger partial charge < -0.3 is 33.8 Å². The highest BCUT2D eigenvalue weighted by Crippen LogP contribution is 2.45. The SMILES string of the molecule is CCCCCCCCCCCCCCCCCCCC(=O)O[C@H](COC(=O)CCCCCCCCCCCCC(C)CC)COP(=O)(O)OC[C@@H](O)COP(=O)(O)OC[C@@H](COC(=O)CCCCCCCCCCCC)OC(=O)CCCCCCCCCCCCCCCC. The van der Waals surface area contributed by atoms with E-state index < -0.39 is 97.5 Å². The van der Waals surface area contributed by atoms with Crippen molar-refractivity contribution in [2.75, 3.05) is 39.6 Å². The molecule has 0 radical (unpaired) electrons. The molecule has 0 aliphatic carbocycles. The molecular formula is C76H148O17P2. The van der Waals surface area contributed by atoms with Crippen molar-refractivity contribution in [2.24, 2.45) is 5.92 Å². The topological polar surface area (TPSA) is 237 Å². The minimum Gasteiger partial charge on any atom is -0.462 e. The van der Waals surface area contributed by atoms with Crippen LogP contribution in [0.5, 0.6) is 0 Å². The van der Waals surface area contributed by atoms with E-state index in [1.54, 1.807) is 0 Å². The van der Waals surface area contributed by atoms with Crippen LogP contribution < -0.4 is 0 Å². The molecule has 0 saturated heterocycles. The van der Waals surface area contributed by atoms with Gasteiger partial charge in [0.25, 0.3) is 0 Å². The fraction of sp³-hybridized carbons (Fsp3) is 0.947.